The van der Waals surface area contributed by atoms with E-state index >= 15 is 0 Å². The third-order valence-corrected chi connectivity index (χ3v) is 4.30. The predicted molar refractivity (Wildman–Crippen MR) is 79.4 cm³/mol. The molecule has 0 aliphatic carbocycles. The molecule has 1 aliphatic rings. The number of hydrogen-bond acceptors (Lipinski definition) is 4. The number of thioether (sulfide) groups is 1. The molecule has 104 valence electrons. The van der Waals surface area contributed by atoms with Crippen LogP contribution in [-0.4, -0.2) is 15.8 Å². The monoisotopic (exact) mass is 288 g/mol. The van der Waals surface area contributed by atoms with Gasteiger partial charge in [-0.1, -0.05) is 42.1 Å². The summed E-state index contributed by atoms with van der Waals surface area (Å²) in [5, 5.41) is 0.683. The van der Waals surface area contributed by atoms with E-state index in [0.717, 1.165) is 12.0 Å². The maximum atomic E-state index is 12.3. The first-order valence-electron chi connectivity index (χ1n) is 6.56. The molecule has 0 amide bonds. The fourth-order valence-corrected chi connectivity index (χ4v) is 3.01. The first-order chi connectivity index (χ1) is 9.70. The Morgan fingerprint density at radius 2 is 2.10 bits per heavy atom. The molecule has 2 heterocycles. The van der Waals surface area contributed by atoms with Gasteiger partial charge in [-0.3, -0.25) is 9.36 Å². The van der Waals surface area contributed by atoms with Crippen LogP contribution in [0.1, 0.15) is 23.7 Å². The summed E-state index contributed by atoms with van der Waals surface area (Å²) in [6, 6.07) is 10.1. The van der Waals surface area contributed by atoms with Gasteiger partial charge in [0.05, 0.1) is 5.56 Å². The predicted octanol–water partition coefficient (Wildman–Crippen LogP) is 2.57. The number of ether oxygens (including phenoxy) is 1. The topological polar surface area (TPSA) is 44.1 Å². The lowest BCUT2D eigenvalue weighted by atomic mass is 10.00. The van der Waals surface area contributed by atoms with Gasteiger partial charge >= 0.3 is 0 Å². The highest BCUT2D eigenvalue weighted by Crippen LogP contribution is 2.32. The minimum Gasteiger partial charge on any atom is -0.469 e. The minimum absolute atomic E-state index is 0.00543. The lowest BCUT2D eigenvalue weighted by Crippen LogP contribution is -2.29. The highest BCUT2D eigenvalue weighted by atomic mass is 32.2. The van der Waals surface area contributed by atoms with Crippen molar-refractivity contribution in [2.75, 3.05) is 6.26 Å². The maximum absolute atomic E-state index is 12.3. The summed E-state index contributed by atoms with van der Waals surface area (Å²) in [6.45, 7) is 0. The smallest absolute Gasteiger partial charge is 0.260 e. The summed E-state index contributed by atoms with van der Waals surface area (Å²) < 4.78 is 7.55. The second-order valence-corrected chi connectivity index (χ2v) is 5.58. The summed E-state index contributed by atoms with van der Waals surface area (Å²) in [5.74, 6) is 0.498. The fourth-order valence-electron chi connectivity index (χ4n) is 2.48. The average Bonchev–Trinajstić information content (AvgIpc) is 2.51. The Hall–Kier alpha value is -1.75. The van der Waals surface area contributed by atoms with Gasteiger partial charge in [0.2, 0.25) is 5.88 Å². The number of aromatic nitrogens is 2. The SMILES string of the molecule is CSc1nc2c(c(=O)n1C)CC[C@@H](c1ccccc1)O2. The van der Waals surface area contributed by atoms with Crippen LogP contribution in [0.25, 0.3) is 0 Å². The third-order valence-electron chi connectivity index (χ3n) is 3.57. The maximum Gasteiger partial charge on any atom is 0.260 e. The molecule has 0 saturated carbocycles. The van der Waals surface area contributed by atoms with Gasteiger partial charge in [-0.2, -0.15) is 4.98 Å². The van der Waals surface area contributed by atoms with Gasteiger partial charge < -0.3 is 4.74 Å². The number of fused-ring (bicyclic) bond motifs is 1. The molecule has 0 saturated heterocycles. The van der Waals surface area contributed by atoms with Crippen molar-refractivity contribution < 1.29 is 4.74 Å². The Balaban J connectivity index is 1.99. The number of hydrogen-bond donors (Lipinski definition) is 0. The molecule has 20 heavy (non-hydrogen) atoms. The largest absolute Gasteiger partial charge is 0.469 e. The second kappa shape index (κ2) is 5.32. The van der Waals surface area contributed by atoms with E-state index < -0.39 is 0 Å². The molecule has 0 spiro atoms. The quantitative estimate of drug-likeness (QED) is 0.629. The van der Waals surface area contributed by atoms with Crippen molar-refractivity contribution >= 4 is 11.8 Å². The van der Waals surface area contributed by atoms with E-state index in [-0.39, 0.29) is 11.7 Å². The van der Waals surface area contributed by atoms with E-state index in [1.165, 1.54) is 11.8 Å². The zero-order valence-corrected chi connectivity index (χ0v) is 12.3. The zero-order chi connectivity index (χ0) is 14.1. The Morgan fingerprint density at radius 1 is 1.35 bits per heavy atom. The van der Waals surface area contributed by atoms with Gasteiger partial charge in [0, 0.05) is 7.05 Å². The van der Waals surface area contributed by atoms with E-state index in [9.17, 15) is 4.79 Å². The van der Waals surface area contributed by atoms with Crippen LogP contribution < -0.4 is 10.3 Å². The molecule has 2 aromatic rings. The van der Waals surface area contributed by atoms with E-state index in [1.54, 1.807) is 11.6 Å². The van der Waals surface area contributed by atoms with E-state index in [0.29, 0.717) is 23.0 Å². The van der Waals surface area contributed by atoms with Crippen LogP contribution in [0.2, 0.25) is 0 Å². The fraction of sp³-hybridized carbons (Fsp3) is 0.333. The van der Waals surface area contributed by atoms with Crippen molar-refractivity contribution in [2.45, 2.75) is 24.1 Å². The highest BCUT2D eigenvalue weighted by molar-refractivity contribution is 7.98. The summed E-state index contributed by atoms with van der Waals surface area (Å²) in [4.78, 5) is 16.7. The lowest BCUT2D eigenvalue weighted by Gasteiger charge is -2.25. The van der Waals surface area contributed by atoms with Gasteiger partial charge in [0.25, 0.3) is 5.56 Å². The van der Waals surface area contributed by atoms with Crippen molar-refractivity contribution in [1.29, 1.82) is 0 Å². The summed E-state index contributed by atoms with van der Waals surface area (Å²) in [7, 11) is 1.75. The molecule has 3 rings (SSSR count). The van der Waals surface area contributed by atoms with Crippen LogP contribution in [0.3, 0.4) is 0 Å². The highest BCUT2D eigenvalue weighted by Gasteiger charge is 2.26. The molecule has 4 nitrogen and oxygen atoms in total. The summed E-state index contributed by atoms with van der Waals surface area (Å²) in [6.07, 6.45) is 3.42. The van der Waals surface area contributed by atoms with Gasteiger partial charge in [-0.25, -0.2) is 0 Å². The molecule has 5 heteroatoms. The van der Waals surface area contributed by atoms with Crippen molar-refractivity contribution in [1.82, 2.24) is 9.55 Å². The van der Waals surface area contributed by atoms with Crippen molar-refractivity contribution in [2.24, 2.45) is 7.05 Å². The standard InChI is InChI=1S/C15H16N2O2S/c1-17-14(18)11-8-9-12(10-6-4-3-5-7-10)19-13(11)16-15(17)20-2/h3-7,12H,8-9H2,1-2H3/t12-/m0/s1. The Morgan fingerprint density at radius 3 is 2.80 bits per heavy atom. The molecular formula is C15H16N2O2S. The average molecular weight is 288 g/mol. The van der Waals surface area contributed by atoms with Crippen LogP contribution in [0.4, 0.5) is 0 Å². The molecule has 1 atom stereocenters. The van der Waals surface area contributed by atoms with Crippen molar-refractivity contribution in [3.8, 4) is 5.88 Å². The van der Waals surface area contributed by atoms with Gasteiger partial charge in [0.15, 0.2) is 5.16 Å². The first kappa shape index (κ1) is 13.2. The minimum atomic E-state index is -0.0157. The zero-order valence-electron chi connectivity index (χ0n) is 11.5. The molecule has 1 aromatic carbocycles. The van der Waals surface area contributed by atoms with Crippen LogP contribution in [0.5, 0.6) is 5.88 Å². The van der Waals surface area contributed by atoms with Crippen molar-refractivity contribution in [3.05, 3.63) is 51.8 Å². The van der Waals surface area contributed by atoms with E-state index in [1.807, 2.05) is 36.6 Å². The molecule has 0 fully saturated rings. The molecular weight excluding hydrogens is 272 g/mol. The van der Waals surface area contributed by atoms with Gasteiger partial charge in [0.1, 0.15) is 6.10 Å². The van der Waals surface area contributed by atoms with Crippen LogP contribution in [-0.2, 0) is 13.5 Å². The Bertz CT molecular complexity index is 682. The van der Waals surface area contributed by atoms with Crippen LogP contribution in [0.15, 0.2) is 40.3 Å². The van der Waals surface area contributed by atoms with E-state index in [2.05, 4.69) is 4.98 Å². The second-order valence-electron chi connectivity index (χ2n) is 4.80. The van der Waals surface area contributed by atoms with Gasteiger partial charge in [-0.15, -0.1) is 0 Å². The Labute approximate surface area is 121 Å². The van der Waals surface area contributed by atoms with E-state index in [4.69, 9.17) is 4.74 Å². The molecule has 1 aromatic heterocycles. The molecule has 0 radical (unpaired) electrons. The van der Waals surface area contributed by atoms with Crippen molar-refractivity contribution in [3.63, 3.8) is 0 Å². The Kier molecular flexibility index (Phi) is 3.53. The number of nitrogens with zero attached hydrogens (tertiary/aromatic N) is 2. The van der Waals surface area contributed by atoms with Crippen LogP contribution in [0, 0.1) is 0 Å². The lowest BCUT2D eigenvalue weighted by molar-refractivity contribution is 0.163. The molecule has 0 unspecified atom stereocenters. The van der Waals surface area contributed by atoms with Crippen LogP contribution >= 0.6 is 11.8 Å². The first-order valence-corrected chi connectivity index (χ1v) is 7.78. The normalized spacial score (nSPS) is 17.4. The molecule has 0 N–H and O–H groups in total. The summed E-state index contributed by atoms with van der Waals surface area (Å²) >= 11 is 1.45. The summed E-state index contributed by atoms with van der Waals surface area (Å²) in [5.41, 5.74) is 1.83. The molecule has 0 bridgehead atoms. The van der Waals surface area contributed by atoms with Gasteiger partial charge in [-0.05, 0) is 24.7 Å². The number of rotatable bonds is 2. The third kappa shape index (κ3) is 2.22. The molecule has 1 aliphatic heterocycles. The number of benzene rings is 1.